The zero-order valence-electron chi connectivity index (χ0n) is 54.8. The summed E-state index contributed by atoms with van der Waals surface area (Å²) in [6.45, 7) is -2.73. The maximum atomic E-state index is 13.6. The van der Waals surface area contributed by atoms with Crippen molar-refractivity contribution < 1.29 is 163 Å². The number of fused-ring (bicyclic) bond motifs is 1. The maximum absolute atomic E-state index is 13.6. The van der Waals surface area contributed by atoms with Gasteiger partial charge in [0.1, 0.15) is 124 Å². The number of rotatable bonds is 22. The smallest absolute Gasteiger partial charge is 0.330 e. The van der Waals surface area contributed by atoms with Crippen molar-refractivity contribution in [3.8, 4) is 0 Å². The highest BCUT2D eigenvalue weighted by molar-refractivity contribution is 5.82. The Bertz CT molecular complexity index is 2640. The number of esters is 3. The molecular formula is C66H103O33+. The third-order valence-corrected chi connectivity index (χ3v) is 21.6. The lowest BCUT2D eigenvalue weighted by atomic mass is 9.72. The molecule has 12 unspecified atom stereocenters. The molecule has 33 heteroatoms. The summed E-state index contributed by atoms with van der Waals surface area (Å²) in [5.74, 6) is -4.21. The van der Waals surface area contributed by atoms with E-state index in [0.29, 0.717) is 64.2 Å². The number of carbonyl (C=O) groups excluding carboxylic acids is 3. The van der Waals surface area contributed by atoms with Gasteiger partial charge in [-0.1, -0.05) is 18.2 Å². The molecule has 0 aromatic rings. The Morgan fingerprint density at radius 2 is 0.798 bits per heavy atom. The first-order valence-corrected chi connectivity index (χ1v) is 34.9. The molecule has 5 heterocycles. The summed E-state index contributed by atoms with van der Waals surface area (Å²) in [7, 11) is 0. The van der Waals surface area contributed by atoms with Gasteiger partial charge < -0.3 is 149 Å². The molecule has 0 bridgehead atoms. The van der Waals surface area contributed by atoms with Crippen LogP contribution in [0, 0.1) is 29.6 Å². The summed E-state index contributed by atoms with van der Waals surface area (Å²) in [6, 6.07) is 0. The number of aliphatic hydroxyl groups excluding tert-OH is 18. The van der Waals surface area contributed by atoms with E-state index in [2.05, 4.69) is 0 Å². The average molecular weight is 1420 g/mol. The first kappa shape index (κ1) is 78.1. The van der Waals surface area contributed by atoms with E-state index in [1.54, 1.807) is 12.2 Å². The van der Waals surface area contributed by atoms with Crippen LogP contribution in [0.4, 0.5) is 0 Å². The van der Waals surface area contributed by atoms with E-state index in [9.17, 15) is 106 Å². The summed E-state index contributed by atoms with van der Waals surface area (Å²) in [5.41, 5.74) is 0. The zero-order chi connectivity index (χ0) is 71.1. The van der Waals surface area contributed by atoms with Crippen LogP contribution in [-0.4, -0.2) is 331 Å². The molecule has 5 aliphatic carbocycles. The zero-order valence-corrected chi connectivity index (χ0v) is 54.8. The van der Waals surface area contributed by atoms with E-state index < -0.39 is 246 Å². The van der Waals surface area contributed by atoms with E-state index in [-0.39, 0.29) is 62.9 Å². The maximum Gasteiger partial charge on any atom is 0.330 e. The van der Waals surface area contributed by atoms with Crippen LogP contribution in [0.2, 0.25) is 0 Å². The van der Waals surface area contributed by atoms with E-state index in [1.807, 2.05) is 0 Å². The molecule has 5 aliphatic heterocycles. The van der Waals surface area contributed by atoms with Gasteiger partial charge in [-0.15, -0.1) is 0 Å². The first-order chi connectivity index (χ1) is 47.2. The Hall–Kier alpha value is -3.45. The Morgan fingerprint density at radius 3 is 1.29 bits per heavy atom. The van der Waals surface area contributed by atoms with Gasteiger partial charge in [-0.2, -0.15) is 0 Å². The number of hydrogen-bond donors (Lipinski definition) is 18. The van der Waals surface area contributed by atoms with Crippen LogP contribution in [0.5, 0.6) is 0 Å². The molecule has 0 aromatic carbocycles. The van der Waals surface area contributed by atoms with Gasteiger partial charge in [0.15, 0.2) is 37.4 Å². The quantitative estimate of drug-likeness (QED) is 0.0208. The van der Waals surface area contributed by atoms with Crippen molar-refractivity contribution in [2.45, 2.75) is 299 Å². The van der Waals surface area contributed by atoms with Gasteiger partial charge in [0.25, 0.3) is 0 Å². The van der Waals surface area contributed by atoms with Crippen LogP contribution in [0.3, 0.4) is 0 Å². The van der Waals surface area contributed by atoms with E-state index >= 15 is 0 Å². The van der Waals surface area contributed by atoms with Crippen LogP contribution in [-0.2, 0) is 66.5 Å². The third kappa shape index (κ3) is 19.7. The van der Waals surface area contributed by atoms with Gasteiger partial charge in [0.2, 0.25) is 0 Å². The molecule has 0 radical (unpaired) electrons. The fourth-order valence-electron chi connectivity index (χ4n) is 15.5. The van der Waals surface area contributed by atoms with Crippen molar-refractivity contribution >= 4 is 17.9 Å². The number of carbonyl (C=O) groups is 3. The lowest BCUT2D eigenvalue weighted by Crippen LogP contribution is -2.66. The summed E-state index contributed by atoms with van der Waals surface area (Å²) in [6.07, 6.45) is -31.6. The molecule has 19 N–H and O–H groups in total. The minimum atomic E-state index is -2.10. The normalized spacial score (nSPS) is 47.9. The molecule has 0 aromatic heterocycles. The number of aliphatic hydroxyl groups is 20. The van der Waals surface area contributed by atoms with Crippen molar-refractivity contribution in [1.82, 2.24) is 0 Å². The van der Waals surface area contributed by atoms with Crippen molar-refractivity contribution in [2.24, 2.45) is 29.6 Å². The minimum Gasteiger partial charge on any atom is -0.460 e. The largest absolute Gasteiger partial charge is 0.460 e. The second-order valence-electron chi connectivity index (χ2n) is 28.6. The highest BCUT2D eigenvalue weighted by Crippen LogP contribution is 2.45. The second-order valence-corrected chi connectivity index (χ2v) is 28.6. The Balaban J connectivity index is 0.818. The lowest BCUT2D eigenvalue weighted by Gasteiger charge is -2.50. The van der Waals surface area contributed by atoms with Crippen LogP contribution < -0.4 is 0 Å². The number of allylic oxidation sites excluding steroid dienone is 3. The Morgan fingerprint density at radius 1 is 0.364 bits per heavy atom. The Kier molecular flexibility index (Phi) is 28.1. The van der Waals surface area contributed by atoms with Crippen LogP contribution in [0.15, 0.2) is 36.5 Å². The monoisotopic (exact) mass is 1420 g/mol. The SMILES string of the molecule is O=C(C=CC1CCC(O)CC1)OC[C@H]1O[C@@H](OC2CCC(C=CC(=O)OC[C@H]3O[C@@H](OC4CC5C(O[C@@H]6O[C@H](CO)[C@@H](O)[C@H](O)[C@H]6O)CC(O)CC5[OH+]C4C4CCC(O)C(O)C4)[C@H](O[C@@H]4O[C@H](COC(=O)C=CC5CCC(O)CC5)[C@@H](O)[C@H](O)[C@H]4O)[C@@H](O)[C@@H]3O)CC2O)[C@H](O)[C@@H](O)[C@@H]1O. The summed E-state index contributed by atoms with van der Waals surface area (Å²) in [5, 5.41) is 196. The van der Waals surface area contributed by atoms with E-state index in [4.69, 9.17) is 56.8 Å². The molecule has 32 atom stereocenters. The number of ether oxygens (including phenoxy) is 12. The van der Waals surface area contributed by atoms with E-state index in [1.165, 1.54) is 18.2 Å². The highest BCUT2D eigenvalue weighted by atomic mass is 16.8. The fraction of sp³-hybridized carbons (Fsp3) is 0.864. The van der Waals surface area contributed by atoms with Gasteiger partial charge >= 0.3 is 17.9 Å². The fourth-order valence-corrected chi connectivity index (χ4v) is 15.5. The standard InChI is InChI=1S/C66H102O33/c67-24-43-50(77)54(81)58(85)64(95-43)93-41-22-34(70)21-40-35(41)23-42(61(91-40)31-9-14-36(71)37(72)20-31)94-66-62(99-65-60(87)56(83)52(79)45(97-65)26-89-48(75)17-7-29-3-12-33(69)13-4-29)57(84)53(80)46(98-66)27-90-49(76)18-8-30-5-15-39(38(73)19-30)92-63-59(86)55(82)51(78)44(96-63)25-88-47(74)16-6-28-1-10-32(68)11-2-28/h6-8,16-18,28-46,50-73,77-87H,1-5,9-15,19-27H2/p+1/t28?,29?,30?,31?,32?,33?,34?,35?,36?,37?,38?,39?,40?,41?,42?,43-,44-,45-,46-,50-,51-,52-,53-,54+,55+,56+,57+,58-,59-,60-,61?,62-,63-,64-,65+,66-/m1/s1. The lowest BCUT2D eigenvalue weighted by molar-refractivity contribution is -0.390. The van der Waals surface area contributed by atoms with E-state index in [0.717, 1.165) is 6.08 Å². The first-order valence-electron chi connectivity index (χ1n) is 34.9. The molecule has 5 saturated carbocycles. The second kappa shape index (κ2) is 35.6. The predicted molar refractivity (Wildman–Crippen MR) is 329 cm³/mol. The molecule has 5 saturated heterocycles. The van der Waals surface area contributed by atoms with Gasteiger partial charge in [-0.05, 0) is 114 Å². The molecule has 10 fully saturated rings. The average Bonchev–Trinajstić information content (AvgIpc) is 0.762. The van der Waals surface area contributed by atoms with Gasteiger partial charge in [-0.3, -0.25) is 0 Å². The van der Waals surface area contributed by atoms with Gasteiger partial charge in [0, 0.05) is 37.0 Å². The van der Waals surface area contributed by atoms with Gasteiger partial charge in [0.05, 0.1) is 61.4 Å². The van der Waals surface area contributed by atoms with Crippen LogP contribution in [0.25, 0.3) is 0 Å². The molecule has 33 nitrogen and oxygen atoms in total. The van der Waals surface area contributed by atoms with Crippen molar-refractivity contribution in [2.75, 3.05) is 26.4 Å². The van der Waals surface area contributed by atoms with Crippen molar-refractivity contribution in [1.29, 1.82) is 0 Å². The Labute approximate surface area is 570 Å². The number of hydrogen-bond acceptors (Lipinski definition) is 32. The van der Waals surface area contributed by atoms with Crippen molar-refractivity contribution in [3.63, 3.8) is 0 Å². The summed E-state index contributed by atoms with van der Waals surface area (Å²) in [4.78, 5) is 39.0. The predicted octanol–water partition coefficient (Wildman–Crippen LogP) is -6.09. The molecule has 10 aliphatic rings. The van der Waals surface area contributed by atoms with Crippen LogP contribution >= 0.6 is 0 Å². The van der Waals surface area contributed by atoms with Crippen molar-refractivity contribution in [3.05, 3.63) is 36.5 Å². The third-order valence-electron chi connectivity index (χ3n) is 21.6. The molecule has 0 amide bonds. The highest BCUT2D eigenvalue weighted by Gasteiger charge is 2.59. The molecule has 99 heavy (non-hydrogen) atoms. The molecule has 564 valence electrons. The van der Waals surface area contributed by atoms with Crippen LogP contribution in [0.1, 0.15) is 109 Å². The molecule has 0 spiro atoms. The van der Waals surface area contributed by atoms with Gasteiger partial charge in [-0.25, -0.2) is 14.4 Å². The topological polar surface area (TPSA) is 530 Å². The summed E-state index contributed by atoms with van der Waals surface area (Å²) < 4.78 is 70.5. The molecule has 10 rings (SSSR count). The minimum absolute atomic E-state index is 0.00611. The molecular weight excluding hydrogens is 1320 g/mol. The summed E-state index contributed by atoms with van der Waals surface area (Å²) >= 11 is 0.